The first-order valence-corrected chi connectivity index (χ1v) is 11.5. The Kier molecular flexibility index (Phi) is 7.59. The van der Waals surface area contributed by atoms with Crippen LogP contribution in [0.3, 0.4) is 0 Å². The molecule has 1 aliphatic rings. The molecule has 1 fully saturated rings. The molecule has 2 amide bonds. The van der Waals surface area contributed by atoms with Crippen molar-refractivity contribution in [3.05, 3.63) is 42.4 Å². The van der Waals surface area contributed by atoms with E-state index in [0.29, 0.717) is 6.54 Å². The van der Waals surface area contributed by atoms with Crippen LogP contribution in [0.1, 0.15) is 46.6 Å². The van der Waals surface area contributed by atoms with E-state index in [0.717, 1.165) is 16.8 Å². The average molecular weight is 456 g/mol. The summed E-state index contributed by atoms with van der Waals surface area (Å²) in [7, 11) is 1.94. The summed E-state index contributed by atoms with van der Waals surface area (Å²) in [5.41, 5.74) is 2.69. The number of carbonyl (C=O) groups excluding carboxylic acids is 2. The van der Waals surface area contributed by atoms with Gasteiger partial charge in [0.15, 0.2) is 0 Å². The van der Waals surface area contributed by atoms with Crippen LogP contribution >= 0.6 is 0 Å². The fourth-order valence-corrected chi connectivity index (χ4v) is 4.23. The molecule has 33 heavy (non-hydrogen) atoms. The molecule has 8 nitrogen and oxygen atoms in total. The van der Waals surface area contributed by atoms with Crippen molar-refractivity contribution in [3.8, 4) is 11.3 Å². The Morgan fingerprint density at radius 3 is 2.42 bits per heavy atom. The van der Waals surface area contributed by atoms with E-state index < -0.39 is 18.2 Å². The van der Waals surface area contributed by atoms with Crippen LogP contribution in [0.2, 0.25) is 0 Å². The largest absolute Gasteiger partial charge is 0.391 e. The lowest BCUT2D eigenvalue weighted by Crippen LogP contribution is -2.57. The van der Waals surface area contributed by atoms with Gasteiger partial charge >= 0.3 is 0 Å². The number of carbonyl (C=O) groups is 2. The molecule has 3 atom stereocenters. The number of aryl methyl sites for hydroxylation is 1. The number of rotatable bonds is 7. The highest BCUT2D eigenvalue weighted by Crippen LogP contribution is 2.26. The highest BCUT2D eigenvalue weighted by molar-refractivity contribution is 5.91. The number of nitrogens with zero attached hydrogens (tertiary/aromatic N) is 3. The lowest BCUT2D eigenvalue weighted by atomic mass is 9.85. The second kappa shape index (κ2) is 10.1. The highest BCUT2D eigenvalue weighted by Gasteiger charge is 2.43. The van der Waals surface area contributed by atoms with Gasteiger partial charge in [-0.25, -0.2) is 4.98 Å². The zero-order valence-corrected chi connectivity index (χ0v) is 20.5. The first kappa shape index (κ1) is 24.9. The van der Waals surface area contributed by atoms with Gasteiger partial charge in [0, 0.05) is 32.6 Å². The normalized spacial score (nSPS) is 19.7. The van der Waals surface area contributed by atoms with E-state index in [1.165, 1.54) is 4.90 Å². The van der Waals surface area contributed by atoms with Gasteiger partial charge in [-0.05, 0) is 16.5 Å². The molecular weight excluding hydrogens is 418 g/mol. The Morgan fingerprint density at radius 1 is 1.21 bits per heavy atom. The first-order valence-electron chi connectivity index (χ1n) is 11.5. The Bertz CT molecular complexity index is 961. The smallest absolute Gasteiger partial charge is 0.243 e. The van der Waals surface area contributed by atoms with Gasteiger partial charge in [0.2, 0.25) is 11.8 Å². The third-order valence-corrected chi connectivity index (χ3v) is 6.01. The number of nitrogens with one attached hydrogen (secondary N) is 2. The summed E-state index contributed by atoms with van der Waals surface area (Å²) in [6, 6.07) is 6.93. The van der Waals surface area contributed by atoms with E-state index in [1.54, 1.807) is 6.33 Å². The van der Waals surface area contributed by atoms with Gasteiger partial charge in [-0.1, -0.05) is 58.9 Å². The van der Waals surface area contributed by atoms with Crippen LogP contribution in [0.25, 0.3) is 11.3 Å². The molecule has 2 aromatic rings. The Labute approximate surface area is 196 Å². The molecule has 3 rings (SSSR count). The minimum Gasteiger partial charge on any atom is -0.391 e. The van der Waals surface area contributed by atoms with Crippen LogP contribution in [0.5, 0.6) is 0 Å². The summed E-state index contributed by atoms with van der Waals surface area (Å²) in [6.07, 6.45) is 3.11. The molecule has 1 aromatic heterocycles. The molecule has 8 heteroatoms. The lowest BCUT2D eigenvalue weighted by Gasteiger charge is -2.36. The summed E-state index contributed by atoms with van der Waals surface area (Å²) >= 11 is 0. The van der Waals surface area contributed by atoms with Crippen molar-refractivity contribution in [3.63, 3.8) is 0 Å². The van der Waals surface area contributed by atoms with Gasteiger partial charge in [-0.3, -0.25) is 9.59 Å². The maximum Gasteiger partial charge on any atom is 0.243 e. The van der Waals surface area contributed by atoms with Gasteiger partial charge in [0.05, 0.1) is 30.4 Å². The standard InChI is InChI=1S/C25H37N5O3/c1-16(2)28-22(25(3,4)5)24(33)30-14-19(31)11-20(30)23(32)27-12-17-7-9-18(10-8-17)21-13-26-15-29(21)6/h7-10,13,15-16,19-20,22,28,31H,11-12,14H2,1-6H3,(H,27,32)/t19-,20+,22-/m1/s1. The van der Waals surface area contributed by atoms with Crippen molar-refractivity contribution in [2.75, 3.05) is 6.54 Å². The van der Waals surface area contributed by atoms with Crippen molar-refractivity contribution in [2.45, 2.75) is 71.8 Å². The number of β-amino-alcohol motifs (C(OH)–C–C–N with tert-alkyl or cyclic N) is 1. The topological polar surface area (TPSA) is 99.5 Å². The summed E-state index contributed by atoms with van der Waals surface area (Å²) in [5.74, 6) is -0.388. The second-order valence-electron chi connectivity index (χ2n) is 10.3. The van der Waals surface area contributed by atoms with E-state index in [4.69, 9.17) is 0 Å². The Hall–Kier alpha value is -2.71. The number of hydrogen-bond donors (Lipinski definition) is 3. The number of benzene rings is 1. The summed E-state index contributed by atoms with van der Waals surface area (Å²) in [6.45, 7) is 10.5. The predicted octanol–water partition coefficient (Wildman–Crippen LogP) is 2.08. The third kappa shape index (κ3) is 6.00. The SMILES string of the molecule is CC(C)N[C@H](C(=O)N1C[C@H](O)C[C@H]1C(=O)NCc1ccc(-c2cncn2C)cc1)C(C)(C)C. The number of aromatic nitrogens is 2. The fourth-order valence-electron chi connectivity index (χ4n) is 4.23. The fraction of sp³-hybridized carbons (Fsp3) is 0.560. The third-order valence-electron chi connectivity index (χ3n) is 6.01. The number of aliphatic hydroxyl groups excluding tert-OH is 1. The summed E-state index contributed by atoms with van der Waals surface area (Å²) < 4.78 is 1.95. The van der Waals surface area contributed by atoms with Crippen LogP contribution in [0, 0.1) is 5.41 Å². The molecule has 1 aliphatic heterocycles. The molecule has 0 spiro atoms. The maximum absolute atomic E-state index is 13.4. The number of amides is 2. The number of hydrogen-bond acceptors (Lipinski definition) is 5. The number of aliphatic hydroxyl groups is 1. The molecule has 0 saturated carbocycles. The Balaban J connectivity index is 1.66. The molecule has 0 bridgehead atoms. The van der Waals surface area contributed by atoms with Gasteiger partial charge in [0.25, 0.3) is 0 Å². The van der Waals surface area contributed by atoms with Crippen LogP contribution in [0.15, 0.2) is 36.8 Å². The highest BCUT2D eigenvalue weighted by atomic mass is 16.3. The second-order valence-corrected chi connectivity index (χ2v) is 10.3. The number of imidazole rings is 1. The molecule has 0 radical (unpaired) electrons. The lowest BCUT2D eigenvalue weighted by molar-refractivity contribution is -0.142. The monoisotopic (exact) mass is 455 g/mol. The molecule has 0 unspecified atom stereocenters. The van der Waals surface area contributed by atoms with E-state index >= 15 is 0 Å². The predicted molar refractivity (Wildman–Crippen MR) is 128 cm³/mol. The molecular formula is C25H37N5O3. The quantitative estimate of drug-likeness (QED) is 0.594. The van der Waals surface area contributed by atoms with Gasteiger partial charge in [0.1, 0.15) is 6.04 Å². The van der Waals surface area contributed by atoms with Gasteiger partial charge < -0.3 is 25.2 Å². The van der Waals surface area contributed by atoms with Crippen molar-refractivity contribution < 1.29 is 14.7 Å². The van der Waals surface area contributed by atoms with Crippen molar-refractivity contribution in [1.29, 1.82) is 0 Å². The minimum absolute atomic E-state index is 0.118. The first-order chi connectivity index (χ1) is 15.5. The van der Waals surface area contributed by atoms with E-state index in [-0.39, 0.29) is 36.2 Å². The van der Waals surface area contributed by atoms with E-state index in [1.807, 2.05) is 76.7 Å². The molecule has 3 N–H and O–H groups in total. The Morgan fingerprint density at radius 2 is 1.88 bits per heavy atom. The van der Waals surface area contributed by atoms with Crippen molar-refractivity contribution >= 4 is 11.8 Å². The van der Waals surface area contributed by atoms with Crippen LogP contribution in [0.4, 0.5) is 0 Å². The number of likely N-dealkylation sites (tertiary alicyclic amines) is 1. The molecule has 0 aliphatic carbocycles. The summed E-state index contributed by atoms with van der Waals surface area (Å²) in [5, 5.41) is 16.5. The zero-order valence-electron chi connectivity index (χ0n) is 20.5. The van der Waals surface area contributed by atoms with Crippen LogP contribution in [-0.4, -0.2) is 62.1 Å². The van der Waals surface area contributed by atoms with Crippen LogP contribution < -0.4 is 10.6 Å². The van der Waals surface area contributed by atoms with E-state index in [9.17, 15) is 14.7 Å². The molecule has 180 valence electrons. The summed E-state index contributed by atoms with van der Waals surface area (Å²) in [4.78, 5) is 32.1. The van der Waals surface area contributed by atoms with Crippen LogP contribution in [-0.2, 0) is 23.2 Å². The van der Waals surface area contributed by atoms with Gasteiger partial charge in [-0.2, -0.15) is 0 Å². The van der Waals surface area contributed by atoms with Crippen molar-refractivity contribution in [2.24, 2.45) is 12.5 Å². The average Bonchev–Trinajstić information content (AvgIpc) is 3.35. The molecule has 1 aromatic carbocycles. The minimum atomic E-state index is -0.706. The molecule has 2 heterocycles. The molecule has 1 saturated heterocycles. The maximum atomic E-state index is 13.4. The van der Waals surface area contributed by atoms with Gasteiger partial charge in [-0.15, -0.1) is 0 Å². The van der Waals surface area contributed by atoms with E-state index in [2.05, 4.69) is 15.6 Å². The zero-order chi connectivity index (χ0) is 24.3. The van der Waals surface area contributed by atoms with Crippen molar-refractivity contribution in [1.82, 2.24) is 25.1 Å².